The van der Waals surface area contributed by atoms with Gasteiger partial charge in [0, 0.05) is 0 Å². The maximum atomic E-state index is 8.73. The van der Waals surface area contributed by atoms with Gasteiger partial charge >= 0.3 is 0 Å². The fourth-order valence-corrected chi connectivity index (χ4v) is 1.66. The summed E-state index contributed by atoms with van der Waals surface area (Å²) in [4.78, 5) is 0. The summed E-state index contributed by atoms with van der Waals surface area (Å²) in [6, 6.07) is 0. The van der Waals surface area contributed by atoms with Crippen LogP contribution in [0.3, 0.4) is 0 Å². The summed E-state index contributed by atoms with van der Waals surface area (Å²) >= 11 is 0. The predicted octanol–water partition coefficient (Wildman–Crippen LogP) is 2.10. The number of unbranched alkanes of at least 4 members (excludes halogenated alkanes) is 7. The van der Waals surface area contributed by atoms with Gasteiger partial charge < -0.3 is 11.5 Å². The second-order valence-electron chi connectivity index (χ2n) is 4.22. The van der Waals surface area contributed by atoms with Crippen molar-refractivity contribution in [1.82, 2.24) is 5.01 Å². The zero-order valence-corrected chi connectivity index (χ0v) is 10.9. The van der Waals surface area contributed by atoms with Gasteiger partial charge in [0.15, 0.2) is 0 Å². The van der Waals surface area contributed by atoms with Gasteiger partial charge in [-0.2, -0.15) is 10.3 Å². The highest BCUT2D eigenvalue weighted by molar-refractivity contribution is 5.75. The molecule has 0 amide bonds. The van der Waals surface area contributed by atoms with Gasteiger partial charge in [0.2, 0.25) is 12.2 Å². The van der Waals surface area contributed by atoms with Crippen molar-refractivity contribution >= 4 is 5.96 Å². The second-order valence-corrected chi connectivity index (χ2v) is 4.22. The zero-order valence-electron chi connectivity index (χ0n) is 10.9. The molecule has 0 bridgehead atoms. The number of nitriles is 1. The van der Waals surface area contributed by atoms with Crippen LogP contribution in [0, 0.1) is 11.5 Å². The summed E-state index contributed by atoms with van der Waals surface area (Å²) in [5.74, 6) is -0.0638. The normalized spacial score (nSPS) is 9.65. The largest absolute Gasteiger partial charge is 0.369 e. The maximum absolute atomic E-state index is 8.73. The monoisotopic (exact) mass is 239 g/mol. The first-order valence-electron chi connectivity index (χ1n) is 6.47. The predicted molar refractivity (Wildman–Crippen MR) is 70.7 cm³/mol. The molecule has 0 aromatic carbocycles. The molecular weight excluding hydrogens is 214 g/mol. The van der Waals surface area contributed by atoms with Crippen LogP contribution in [0.25, 0.3) is 0 Å². The van der Waals surface area contributed by atoms with Crippen LogP contribution in [0.15, 0.2) is 5.10 Å². The van der Waals surface area contributed by atoms with E-state index in [-0.39, 0.29) is 5.96 Å². The van der Waals surface area contributed by atoms with E-state index in [9.17, 15) is 0 Å². The van der Waals surface area contributed by atoms with Crippen LogP contribution < -0.4 is 11.5 Å². The molecule has 0 unspecified atom stereocenters. The molecule has 0 aromatic rings. The number of hydrogen-bond acceptors (Lipinski definition) is 3. The quantitative estimate of drug-likeness (QED) is 0.152. The molecule has 0 fully saturated rings. The third-order valence-electron chi connectivity index (χ3n) is 2.58. The van der Waals surface area contributed by atoms with Crippen molar-refractivity contribution in [3.63, 3.8) is 0 Å². The van der Waals surface area contributed by atoms with Gasteiger partial charge in [-0.1, -0.05) is 51.9 Å². The lowest BCUT2D eigenvalue weighted by Crippen LogP contribution is -2.27. The van der Waals surface area contributed by atoms with Crippen LogP contribution in [-0.2, 0) is 0 Å². The van der Waals surface area contributed by atoms with E-state index < -0.39 is 0 Å². The average molecular weight is 239 g/mol. The van der Waals surface area contributed by atoms with E-state index in [1.807, 2.05) is 6.19 Å². The standard InChI is InChI=1S/C12H25N5/c1-2-3-4-5-6-7-8-9-10-17(11-13)16-12(14)15/h2-10H2,1H3,(H4,14,15,16). The van der Waals surface area contributed by atoms with Crippen LogP contribution in [-0.4, -0.2) is 17.5 Å². The molecular formula is C12H25N5. The Morgan fingerprint density at radius 3 is 2.06 bits per heavy atom. The lowest BCUT2D eigenvalue weighted by Gasteiger charge is -2.08. The molecule has 4 N–H and O–H groups in total. The van der Waals surface area contributed by atoms with Crippen molar-refractivity contribution in [2.24, 2.45) is 16.6 Å². The van der Waals surface area contributed by atoms with Crippen LogP contribution in [0.4, 0.5) is 0 Å². The molecule has 17 heavy (non-hydrogen) atoms. The number of guanidine groups is 1. The molecule has 5 heteroatoms. The van der Waals surface area contributed by atoms with Crippen molar-refractivity contribution < 1.29 is 0 Å². The third kappa shape index (κ3) is 10.8. The van der Waals surface area contributed by atoms with Crippen molar-refractivity contribution in [2.75, 3.05) is 6.54 Å². The molecule has 0 saturated carbocycles. The van der Waals surface area contributed by atoms with E-state index >= 15 is 0 Å². The van der Waals surface area contributed by atoms with Gasteiger partial charge in [0.25, 0.3) is 0 Å². The topological polar surface area (TPSA) is 91.4 Å². The highest BCUT2D eigenvalue weighted by Crippen LogP contribution is 2.08. The van der Waals surface area contributed by atoms with Gasteiger partial charge in [0.05, 0.1) is 6.54 Å². The zero-order chi connectivity index (χ0) is 12.9. The van der Waals surface area contributed by atoms with Crippen LogP contribution in [0.1, 0.15) is 58.3 Å². The number of hydrogen-bond donors (Lipinski definition) is 2. The number of nitrogens with two attached hydrogens (primary N) is 2. The third-order valence-corrected chi connectivity index (χ3v) is 2.58. The number of nitrogens with zero attached hydrogens (tertiary/aromatic N) is 3. The van der Waals surface area contributed by atoms with Crippen molar-refractivity contribution in [3.8, 4) is 6.19 Å². The molecule has 0 radical (unpaired) electrons. The molecule has 0 aliphatic rings. The Balaban J connectivity index is 3.38. The Hall–Kier alpha value is -1.44. The molecule has 5 nitrogen and oxygen atoms in total. The summed E-state index contributed by atoms with van der Waals surface area (Å²) in [6.45, 7) is 2.82. The lowest BCUT2D eigenvalue weighted by atomic mass is 10.1. The van der Waals surface area contributed by atoms with E-state index in [1.165, 1.54) is 43.5 Å². The van der Waals surface area contributed by atoms with Gasteiger partial charge in [-0.15, -0.1) is 5.10 Å². The van der Waals surface area contributed by atoms with Gasteiger partial charge in [-0.05, 0) is 6.42 Å². The van der Waals surface area contributed by atoms with Crippen molar-refractivity contribution in [3.05, 3.63) is 0 Å². The van der Waals surface area contributed by atoms with Crippen LogP contribution >= 0.6 is 0 Å². The molecule has 0 aliphatic carbocycles. The molecule has 0 aliphatic heterocycles. The summed E-state index contributed by atoms with van der Waals surface area (Å²) in [7, 11) is 0. The minimum absolute atomic E-state index is 0.0638. The molecule has 0 saturated heterocycles. The minimum atomic E-state index is -0.0638. The Morgan fingerprint density at radius 2 is 1.59 bits per heavy atom. The first-order chi connectivity index (χ1) is 8.20. The lowest BCUT2D eigenvalue weighted by molar-refractivity contribution is 0.394. The Bertz CT molecular complexity index is 240. The maximum Gasteiger partial charge on any atom is 0.209 e. The molecule has 0 rings (SSSR count). The van der Waals surface area contributed by atoms with E-state index in [0.717, 1.165) is 12.8 Å². The Kier molecular flexibility index (Phi) is 10.1. The molecule has 0 atom stereocenters. The Morgan fingerprint density at radius 1 is 1.06 bits per heavy atom. The average Bonchev–Trinajstić information content (AvgIpc) is 2.30. The fraction of sp³-hybridized carbons (Fsp3) is 0.833. The number of rotatable bonds is 10. The summed E-state index contributed by atoms with van der Waals surface area (Å²) in [6.07, 6.45) is 11.8. The first kappa shape index (κ1) is 15.6. The number of hydrazone groups is 1. The SMILES string of the molecule is CCCCCCCCCCN(C#N)N=C(N)N. The smallest absolute Gasteiger partial charge is 0.209 e. The van der Waals surface area contributed by atoms with E-state index in [4.69, 9.17) is 16.7 Å². The first-order valence-corrected chi connectivity index (χ1v) is 6.47. The summed E-state index contributed by atoms with van der Waals surface area (Å²) in [5, 5.41) is 13.7. The Labute approximate surface area is 104 Å². The van der Waals surface area contributed by atoms with Crippen LogP contribution in [0.5, 0.6) is 0 Å². The van der Waals surface area contributed by atoms with E-state index in [2.05, 4.69) is 12.0 Å². The summed E-state index contributed by atoms with van der Waals surface area (Å²) in [5.41, 5.74) is 10.4. The van der Waals surface area contributed by atoms with E-state index in [0.29, 0.717) is 6.54 Å². The minimum Gasteiger partial charge on any atom is -0.369 e. The fourth-order valence-electron chi connectivity index (χ4n) is 1.66. The molecule has 0 aromatic heterocycles. The van der Waals surface area contributed by atoms with Crippen LogP contribution in [0.2, 0.25) is 0 Å². The van der Waals surface area contributed by atoms with Crippen molar-refractivity contribution in [1.29, 1.82) is 5.26 Å². The highest BCUT2D eigenvalue weighted by atomic mass is 15.5. The van der Waals surface area contributed by atoms with Crippen molar-refractivity contribution in [2.45, 2.75) is 58.3 Å². The van der Waals surface area contributed by atoms with E-state index in [1.54, 1.807) is 0 Å². The summed E-state index contributed by atoms with van der Waals surface area (Å²) < 4.78 is 0. The van der Waals surface area contributed by atoms with Gasteiger partial charge in [0.1, 0.15) is 0 Å². The molecule has 0 heterocycles. The molecule has 98 valence electrons. The highest BCUT2D eigenvalue weighted by Gasteiger charge is 1.99. The molecule has 0 spiro atoms. The van der Waals surface area contributed by atoms with Gasteiger partial charge in [-0.3, -0.25) is 0 Å². The van der Waals surface area contributed by atoms with Gasteiger partial charge in [-0.25, -0.2) is 0 Å². The second kappa shape index (κ2) is 11.1.